The van der Waals surface area contributed by atoms with Gasteiger partial charge in [-0.3, -0.25) is 9.59 Å². The molecule has 2 amide bonds. The van der Waals surface area contributed by atoms with Crippen molar-refractivity contribution in [3.63, 3.8) is 0 Å². The van der Waals surface area contributed by atoms with Crippen molar-refractivity contribution in [1.82, 2.24) is 9.97 Å². The molecule has 1 N–H and O–H groups in total. The van der Waals surface area contributed by atoms with E-state index in [0.717, 1.165) is 10.2 Å². The van der Waals surface area contributed by atoms with Crippen molar-refractivity contribution in [2.75, 3.05) is 18.1 Å². The number of imide groups is 1. The summed E-state index contributed by atoms with van der Waals surface area (Å²) in [7, 11) is 0. The van der Waals surface area contributed by atoms with Gasteiger partial charge in [0.1, 0.15) is 0 Å². The molecule has 0 radical (unpaired) electrons. The lowest BCUT2D eigenvalue weighted by atomic mass is 9.67. The molecule has 0 spiro atoms. The van der Waals surface area contributed by atoms with Gasteiger partial charge in [0.25, 0.3) is 0 Å². The van der Waals surface area contributed by atoms with Crippen LogP contribution in [0.2, 0.25) is 5.02 Å². The highest BCUT2D eigenvalue weighted by atomic mass is 35.5. The van der Waals surface area contributed by atoms with E-state index in [9.17, 15) is 14.7 Å². The number of nitrogens with zero attached hydrogens (tertiary/aromatic N) is 3. The number of hydrogen-bond donors (Lipinski definition) is 1. The van der Waals surface area contributed by atoms with Gasteiger partial charge in [-0.1, -0.05) is 11.6 Å². The molecule has 3 aliphatic rings. The first-order valence-electron chi connectivity index (χ1n) is 10.7. The largest absolute Gasteiger partial charge is 0.478 e. The molecular formula is C23H20ClN3O5S. The number of anilines is 1. The van der Waals surface area contributed by atoms with Gasteiger partial charge in [-0.2, -0.15) is 0 Å². The maximum Gasteiger partial charge on any atom is 0.240 e. The van der Waals surface area contributed by atoms with Crippen LogP contribution in [0.5, 0.6) is 5.88 Å². The van der Waals surface area contributed by atoms with Crippen molar-refractivity contribution < 1.29 is 24.2 Å². The van der Waals surface area contributed by atoms with Crippen molar-refractivity contribution in [3.8, 4) is 5.88 Å². The minimum absolute atomic E-state index is 0.0937. The summed E-state index contributed by atoms with van der Waals surface area (Å²) in [6, 6.07) is 8.77. The highest BCUT2D eigenvalue weighted by Crippen LogP contribution is 2.59. The second-order valence-corrected chi connectivity index (χ2v) is 10.0. The van der Waals surface area contributed by atoms with Crippen LogP contribution in [0.4, 0.5) is 5.69 Å². The molecule has 2 bridgehead atoms. The molecule has 3 aromatic rings. The Morgan fingerprint density at radius 3 is 2.91 bits per heavy atom. The van der Waals surface area contributed by atoms with Gasteiger partial charge >= 0.3 is 0 Å². The maximum atomic E-state index is 13.6. The molecule has 170 valence electrons. The number of carbonyl (C=O) groups excluding carboxylic acids is 2. The number of hydrogen-bond acceptors (Lipinski definition) is 8. The summed E-state index contributed by atoms with van der Waals surface area (Å²) in [4.78, 5) is 36.8. The van der Waals surface area contributed by atoms with Crippen LogP contribution >= 0.6 is 22.9 Å². The summed E-state index contributed by atoms with van der Waals surface area (Å²) in [6.07, 6.45) is 1.93. The first-order valence-corrected chi connectivity index (χ1v) is 12.0. The van der Waals surface area contributed by atoms with Gasteiger partial charge in [-0.15, -0.1) is 11.3 Å². The molecule has 2 aromatic heterocycles. The average molecular weight is 486 g/mol. The minimum Gasteiger partial charge on any atom is -0.478 e. The highest BCUT2D eigenvalue weighted by molar-refractivity contribution is 7.16. The van der Waals surface area contributed by atoms with Gasteiger partial charge in [0.2, 0.25) is 17.7 Å². The molecule has 5 heterocycles. The van der Waals surface area contributed by atoms with Crippen LogP contribution in [-0.4, -0.2) is 51.8 Å². The third-order valence-corrected chi connectivity index (χ3v) is 8.01. The molecular weight excluding hydrogens is 466 g/mol. The van der Waals surface area contributed by atoms with E-state index in [1.54, 1.807) is 23.7 Å². The van der Waals surface area contributed by atoms with E-state index >= 15 is 0 Å². The fourth-order valence-corrected chi connectivity index (χ4v) is 6.44. The Kier molecular flexibility index (Phi) is 4.91. The molecule has 3 fully saturated rings. The normalized spacial score (nSPS) is 30.4. The SMILES string of the molecule is O=C1C2[C@H](C(=O)N1c1ccc3ncsc3c1)C1OC2(CCOc2ccc(Cl)cn2)CC1CO. The Bertz CT molecular complexity index is 1250. The highest BCUT2D eigenvalue weighted by Gasteiger charge is 2.71. The smallest absolute Gasteiger partial charge is 0.240 e. The topological polar surface area (TPSA) is 102 Å². The lowest BCUT2D eigenvalue weighted by molar-refractivity contribution is -0.128. The molecule has 3 aliphatic heterocycles. The number of thiazole rings is 1. The number of pyridine rings is 1. The molecule has 4 unspecified atom stereocenters. The number of carbonyl (C=O) groups is 2. The van der Waals surface area contributed by atoms with E-state index < -0.39 is 23.5 Å². The number of halogens is 1. The quantitative estimate of drug-likeness (QED) is 0.535. The van der Waals surface area contributed by atoms with Gasteiger partial charge in [0, 0.05) is 31.2 Å². The summed E-state index contributed by atoms with van der Waals surface area (Å²) in [5.41, 5.74) is 2.26. The van der Waals surface area contributed by atoms with E-state index in [0.29, 0.717) is 29.4 Å². The molecule has 8 nitrogen and oxygen atoms in total. The van der Waals surface area contributed by atoms with Crippen LogP contribution in [0.25, 0.3) is 10.2 Å². The van der Waals surface area contributed by atoms with E-state index in [-0.39, 0.29) is 30.9 Å². The number of aliphatic hydroxyl groups excluding tert-OH is 1. The number of aliphatic hydroxyl groups is 1. The third kappa shape index (κ3) is 3.18. The molecule has 6 rings (SSSR count). The Morgan fingerprint density at radius 2 is 2.12 bits per heavy atom. The Balaban J connectivity index is 1.28. The fourth-order valence-electron chi connectivity index (χ4n) is 5.62. The number of benzene rings is 1. The fraction of sp³-hybridized carbons (Fsp3) is 0.391. The summed E-state index contributed by atoms with van der Waals surface area (Å²) in [5.74, 6) is -1.49. The van der Waals surface area contributed by atoms with Gasteiger partial charge in [0.05, 0.1) is 56.6 Å². The molecule has 0 aliphatic carbocycles. The maximum absolute atomic E-state index is 13.6. The van der Waals surface area contributed by atoms with Crippen LogP contribution in [0.3, 0.4) is 0 Å². The summed E-state index contributed by atoms with van der Waals surface area (Å²) < 4.78 is 13.0. The van der Waals surface area contributed by atoms with Crippen molar-refractivity contribution in [3.05, 3.63) is 47.1 Å². The van der Waals surface area contributed by atoms with Crippen LogP contribution in [0, 0.1) is 17.8 Å². The number of amides is 2. The van der Waals surface area contributed by atoms with Gasteiger partial charge in [-0.25, -0.2) is 14.9 Å². The van der Waals surface area contributed by atoms with Crippen molar-refractivity contribution in [1.29, 1.82) is 0 Å². The van der Waals surface area contributed by atoms with Crippen molar-refractivity contribution >= 4 is 50.7 Å². The molecule has 5 atom stereocenters. The number of fused-ring (bicyclic) bond motifs is 6. The lowest BCUT2D eigenvalue weighted by Crippen LogP contribution is -2.45. The van der Waals surface area contributed by atoms with Gasteiger partial charge in [0.15, 0.2) is 0 Å². The predicted octanol–water partition coefficient (Wildman–Crippen LogP) is 3.07. The summed E-state index contributed by atoms with van der Waals surface area (Å²) in [6.45, 7) is 0.167. The van der Waals surface area contributed by atoms with E-state index in [2.05, 4.69) is 9.97 Å². The standard InChI is InChI=1S/C23H20ClN3O5S/c24-13-1-4-17(25-9-13)31-6-5-23-8-12(10-28)20(32-23)18-19(23)22(30)27(21(18)29)14-2-3-15-16(7-14)33-11-26-15/h1-4,7,9,11-12,18-20,28H,5-6,8,10H2/t12?,18-,19?,20?,23?/m0/s1. The van der Waals surface area contributed by atoms with Crippen LogP contribution in [-0.2, 0) is 14.3 Å². The van der Waals surface area contributed by atoms with E-state index in [1.165, 1.54) is 22.4 Å². The number of aromatic nitrogens is 2. The summed E-state index contributed by atoms with van der Waals surface area (Å²) in [5, 5.41) is 10.4. The first kappa shape index (κ1) is 21.0. The first-order chi connectivity index (χ1) is 16.0. The van der Waals surface area contributed by atoms with Crippen LogP contribution in [0.15, 0.2) is 42.0 Å². The van der Waals surface area contributed by atoms with Crippen LogP contribution < -0.4 is 9.64 Å². The lowest BCUT2D eigenvalue weighted by Gasteiger charge is -2.32. The molecule has 3 saturated heterocycles. The van der Waals surface area contributed by atoms with Gasteiger partial charge < -0.3 is 14.6 Å². The monoisotopic (exact) mass is 485 g/mol. The van der Waals surface area contributed by atoms with Crippen molar-refractivity contribution in [2.24, 2.45) is 17.8 Å². The molecule has 10 heteroatoms. The Hall–Kier alpha value is -2.59. The molecule has 1 aromatic carbocycles. The second kappa shape index (κ2) is 7.73. The zero-order chi connectivity index (χ0) is 22.7. The third-order valence-electron chi connectivity index (χ3n) is 7.00. The van der Waals surface area contributed by atoms with E-state index in [1.807, 2.05) is 12.1 Å². The van der Waals surface area contributed by atoms with E-state index in [4.69, 9.17) is 21.1 Å². The average Bonchev–Trinajstić information content (AvgIpc) is 3.56. The number of ether oxygens (including phenoxy) is 2. The molecule has 0 saturated carbocycles. The minimum atomic E-state index is -0.856. The zero-order valence-corrected chi connectivity index (χ0v) is 19.0. The Labute approximate surface area is 198 Å². The Morgan fingerprint density at radius 1 is 1.24 bits per heavy atom. The summed E-state index contributed by atoms with van der Waals surface area (Å²) >= 11 is 7.34. The zero-order valence-electron chi connectivity index (χ0n) is 17.4. The second-order valence-electron chi connectivity index (χ2n) is 8.73. The number of rotatable bonds is 6. The van der Waals surface area contributed by atoms with Crippen molar-refractivity contribution in [2.45, 2.75) is 24.5 Å². The van der Waals surface area contributed by atoms with Gasteiger partial charge in [-0.05, 0) is 30.7 Å². The van der Waals surface area contributed by atoms with Crippen LogP contribution in [0.1, 0.15) is 12.8 Å². The molecule has 33 heavy (non-hydrogen) atoms. The predicted molar refractivity (Wildman–Crippen MR) is 121 cm³/mol.